The Morgan fingerprint density at radius 3 is 2.38 bits per heavy atom. The SMILES string of the molecule is C=C1COc2ccccc2[C@H]1C1C(=O)OC(C)(C)OC1=O. The van der Waals surface area contributed by atoms with Crippen LogP contribution in [0.3, 0.4) is 0 Å². The van der Waals surface area contributed by atoms with E-state index in [0.29, 0.717) is 11.3 Å². The van der Waals surface area contributed by atoms with E-state index in [1.165, 1.54) is 13.8 Å². The topological polar surface area (TPSA) is 61.8 Å². The summed E-state index contributed by atoms with van der Waals surface area (Å²) >= 11 is 0. The van der Waals surface area contributed by atoms with E-state index in [0.717, 1.165) is 5.56 Å². The lowest BCUT2D eigenvalue weighted by molar-refractivity contribution is -0.240. The van der Waals surface area contributed by atoms with Crippen LogP contribution < -0.4 is 4.74 Å². The molecular weight excluding hydrogens is 272 g/mol. The van der Waals surface area contributed by atoms with E-state index in [4.69, 9.17) is 14.2 Å². The minimum Gasteiger partial charge on any atom is -0.489 e. The van der Waals surface area contributed by atoms with E-state index in [1.54, 1.807) is 6.07 Å². The third-order valence-corrected chi connectivity index (χ3v) is 3.64. The number of cyclic esters (lactones) is 2. The Morgan fingerprint density at radius 2 is 1.71 bits per heavy atom. The quantitative estimate of drug-likeness (QED) is 0.450. The highest BCUT2D eigenvalue weighted by atomic mass is 16.7. The molecule has 0 spiro atoms. The highest BCUT2D eigenvalue weighted by Crippen LogP contribution is 2.43. The molecule has 5 heteroatoms. The fourth-order valence-electron chi connectivity index (χ4n) is 2.77. The number of para-hydroxylation sites is 1. The van der Waals surface area contributed by atoms with E-state index >= 15 is 0 Å². The number of hydrogen-bond donors (Lipinski definition) is 0. The first kappa shape index (κ1) is 13.7. The number of esters is 2. The van der Waals surface area contributed by atoms with Gasteiger partial charge in [-0.2, -0.15) is 0 Å². The van der Waals surface area contributed by atoms with E-state index in [1.807, 2.05) is 18.2 Å². The molecular formula is C16H16O5. The molecule has 1 fully saturated rings. The van der Waals surface area contributed by atoms with Crippen molar-refractivity contribution in [3.63, 3.8) is 0 Å². The molecule has 21 heavy (non-hydrogen) atoms. The van der Waals surface area contributed by atoms with Crippen molar-refractivity contribution in [2.75, 3.05) is 6.61 Å². The van der Waals surface area contributed by atoms with Gasteiger partial charge in [-0.15, -0.1) is 0 Å². The van der Waals surface area contributed by atoms with Gasteiger partial charge in [-0.3, -0.25) is 9.59 Å². The standard InChI is InChI=1S/C16H16O5/c1-9-8-19-11-7-5-4-6-10(11)12(9)13-14(17)20-16(2,3)21-15(13)18/h4-7,12-13H,1,8H2,2-3H3/t12-/m0/s1. The summed E-state index contributed by atoms with van der Waals surface area (Å²) < 4.78 is 16.0. The number of carbonyl (C=O) groups excluding carboxylic acids is 2. The molecule has 0 amide bonds. The molecule has 2 heterocycles. The van der Waals surface area contributed by atoms with Crippen LogP contribution in [0.25, 0.3) is 0 Å². The molecule has 1 aromatic carbocycles. The maximum atomic E-state index is 12.3. The Hall–Kier alpha value is -2.30. The Balaban J connectivity index is 2.02. The molecule has 1 atom stereocenters. The third-order valence-electron chi connectivity index (χ3n) is 3.64. The first-order chi connectivity index (χ1) is 9.89. The van der Waals surface area contributed by atoms with Crippen molar-refractivity contribution in [3.8, 4) is 5.75 Å². The number of fused-ring (bicyclic) bond motifs is 1. The van der Waals surface area contributed by atoms with Gasteiger partial charge in [0.25, 0.3) is 5.79 Å². The fourth-order valence-corrected chi connectivity index (χ4v) is 2.77. The molecule has 2 aliphatic heterocycles. The van der Waals surface area contributed by atoms with Gasteiger partial charge in [0, 0.05) is 25.3 Å². The van der Waals surface area contributed by atoms with Crippen molar-refractivity contribution < 1.29 is 23.8 Å². The third kappa shape index (κ3) is 2.28. The zero-order valence-electron chi connectivity index (χ0n) is 11.9. The smallest absolute Gasteiger partial charge is 0.324 e. The highest BCUT2D eigenvalue weighted by molar-refractivity contribution is 5.98. The molecule has 0 saturated carbocycles. The van der Waals surface area contributed by atoms with Gasteiger partial charge in [0.1, 0.15) is 12.4 Å². The van der Waals surface area contributed by atoms with Gasteiger partial charge in [-0.25, -0.2) is 0 Å². The lowest BCUT2D eigenvalue weighted by atomic mass is 9.79. The van der Waals surface area contributed by atoms with Crippen molar-refractivity contribution in [3.05, 3.63) is 42.0 Å². The largest absolute Gasteiger partial charge is 0.489 e. The molecule has 0 unspecified atom stereocenters. The number of ether oxygens (including phenoxy) is 3. The summed E-state index contributed by atoms with van der Waals surface area (Å²) in [5.74, 6) is -3.25. The molecule has 110 valence electrons. The predicted octanol–water partition coefficient (Wildman–Crippen LogP) is 2.17. The highest BCUT2D eigenvalue weighted by Gasteiger charge is 2.49. The van der Waals surface area contributed by atoms with E-state index in [-0.39, 0.29) is 6.61 Å². The van der Waals surface area contributed by atoms with Crippen LogP contribution in [0.15, 0.2) is 36.4 Å². The summed E-state index contributed by atoms with van der Waals surface area (Å²) in [6, 6.07) is 7.30. The lowest BCUT2D eigenvalue weighted by Gasteiger charge is -2.38. The molecule has 0 radical (unpaired) electrons. The van der Waals surface area contributed by atoms with E-state index in [9.17, 15) is 9.59 Å². The Bertz CT molecular complexity index is 611. The predicted molar refractivity (Wildman–Crippen MR) is 73.6 cm³/mol. The van der Waals surface area contributed by atoms with Crippen LogP contribution in [0.1, 0.15) is 25.3 Å². The van der Waals surface area contributed by atoms with Crippen LogP contribution in [0, 0.1) is 5.92 Å². The maximum absolute atomic E-state index is 12.3. The molecule has 5 nitrogen and oxygen atoms in total. The van der Waals surface area contributed by atoms with Gasteiger partial charge in [0.2, 0.25) is 0 Å². The zero-order chi connectivity index (χ0) is 15.2. The number of hydrogen-bond acceptors (Lipinski definition) is 5. The van der Waals surface area contributed by atoms with E-state index in [2.05, 4.69) is 6.58 Å². The van der Waals surface area contributed by atoms with Crippen LogP contribution in [-0.2, 0) is 19.1 Å². The van der Waals surface area contributed by atoms with Gasteiger partial charge in [-0.05, 0) is 11.6 Å². The molecule has 0 N–H and O–H groups in total. The average Bonchev–Trinajstić information content (AvgIpc) is 2.39. The normalized spacial score (nSPS) is 24.7. The lowest BCUT2D eigenvalue weighted by Crippen LogP contribution is -2.49. The van der Waals surface area contributed by atoms with Crippen LogP contribution in [0.2, 0.25) is 0 Å². The van der Waals surface area contributed by atoms with Crippen molar-refractivity contribution in [2.24, 2.45) is 5.92 Å². The number of carbonyl (C=O) groups is 2. The summed E-state index contributed by atoms with van der Waals surface area (Å²) in [7, 11) is 0. The minimum atomic E-state index is -1.23. The first-order valence-electron chi connectivity index (χ1n) is 6.74. The number of benzene rings is 1. The van der Waals surface area contributed by atoms with Crippen LogP contribution >= 0.6 is 0 Å². The summed E-state index contributed by atoms with van der Waals surface area (Å²) in [6.45, 7) is 7.27. The first-order valence-corrected chi connectivity index (χ1v) is 6.74. The summed E-state index contributed by atoms with van der Waals surface area (Å²) in [6.07, 6.45) is 0. The van der Waals surface area contributed by atoms with Gasteiger partial charge in [-0.1, -0.05) is 24.8 Å². The van der Waals surface area contributed by atoms with E-state index < -0.39 is 29.6 Å². The van der Waals surface area contributed by atoms with Crippen molar-refractivity contribution in [2.45, 2.75) is 25.6 Å². The molecule has 3 rings (SSSR count). The molecule has 1 saturated heterocycles. The van der Waals surface area contributed by atoms with Gasteiger partial charge >= 0.3 is 11.9 Å². The molecule has 0 aromatic heterocycles. The second-order valence-electron chi connectivity index (χ2n) is 5.68. The maximum Gasteiger partial charge on any atom is 0.324 e. The molecule has 1 aromatic rings. The Labute approximate surface area is 122 Å². The molecule has 0 aliphatic carbocycles. The van der Waals surface area contributed by atoms with Crippen molar-refractivity contribution in [1.82, 2.24) is 0 Å². The summed E-state index contributed by atoms with van der Waals surface area (Å²) in [5.41, 5.74) is 1.42. The van der Waals surface area contributed by atoms with Gasteiger partial charge < -0.3 is 14.2 Å². The molecule has 0 bridgehead atoms. The monoisotopic (exact) mass is 288 g/mol. The Kier molecular flexibility index (Phi) is 3.01. The van der Waals surface area contributed by atoms with Gasteiger partial charge in [0.15, 0.2) is 5.92 Å². The van der Waals surface area contributed by atoms with Crippen molar-refractivity contribution >= 4 is 11.9 Å². The fraction of sp³-hybridized carbons (Fsp3) is 0.375. The van der Waals surface area contributed by atoms with Crippen molar-refractivity contribution in [1.29, 1.82) is 0 Å². The van der Waals surface area contributed by atoms with Gasteiger partial charge in [0.05, 0.1) is 0 Å². The zero-order valence-corrected chi connectivity index (χ0v) is 11.9. The average molecular weight is 288 g/mol. The summed E-state index contributed by atoms with van der Waals surface area (Å²) in [5, 5.41) is 0. The molecule has 2 aliphatic rings. The summed E-state index contributed by atoms with van der Waals surface area (Å²) in [4.78, 5) is 24.5. The number of rotatable bonds is 1. The van der Waals surface area contributed by atoms with Crippen LogP contribution in [0.4, 0.5) is 0 Å². The Morgan fingerprint density at radius 1 is 1.10 bits per heavy atom. The minimum absolute atomic E-state index is 0.266. The van der Waals surface area contributed by atoms with Crippen LogP contribution in [0.5, 0.6) is 5.75 Å². The second-order valence-corrected chi connectivity index (χ2v) is 5.68. The second kappa shape index (κ2) is 4.62. The van der Waals surface area contributed by atoms with Crippen LogP contribution in [-0.4, -0.2) is 24.3 Å².